The highest BCUT2D eigenvalue weighted by Crippen LogP contribution is 2.26. The lowest BCUT2D eigenvalue weighted by Gasteiger charge is -2.23. The molecule has 0 radical (unpaired) electrons. The molecule has 2 N–H and O–H groups in total. The fourth-order valence-electron chi connectivity index (χ4n) is 2.09. The second-order valence-corrected chi connectivity index (χ2v) is 6.14. The molecule has 21 heavy (non-hydrogen) atoms. The van der Waals surface area contributed by atoms with Gasteiger partial charge in [-0.1, -0.05) is 19.0 Å². The zero-order valence-electron chi connectivity index (χ0n) is 13.2. The van der Waals surface area contributed by atoms with Gasteiger partial charge in [0.2, 0.25) is 5.91 Å². The number of carboxylic acids is 1. The van der Waals surface area contributed by atoms with Gasteiger partial charge in [-0.15, -0.1) is 0 Å². The zero-order chi connectivity index (χ0) is 16.0. The number of rotatable bonds is 8. The maximum Gasteiger partial charge on any atom is 0.303 e. The number of nitrogens with one attached hydrogen (secondary N) is 1. The van der Waals surface area contributed by atoms with Gasteiger partial charge in [-0.05, 0) is 32.1 Å². The highest BCUT2D eigenvalue weighted by Gasteiger charge is 2.19. The molecule has 0 atom stereocenters. The van der Waals surface area contributed by atoms with E-state index in [0.29, 0.717) is 18.7 Å². The summed E-state index contributed by atoms with van der Waals surface area (Å²) in [6.07, 6.45) is 1.76. The number of hydrogen-bond acceptors (Lipinski definition) is 4. The Labute approximate surface area is 124 Å². The van der Waals surface area contributed by atoms with Gasteiger partial charge in [0.15, 0.2) is 0 Å². The molecular weight excluding hydrogens is 272 g/mol. The summed E-state index contributed by atoms with van der Waals surface area (Å²) in [5, 5.41) is 15.4. The van der Waals surface area contributed by atoms with E-state index in [0.717, 1.165) is 17.7 Å². The van der Waals surface area contributed by atoms with E-state index in [-0.39, 0.29) is 24.2 Å². The van der Waals surface area contributed by atoms with E-state index in [1.165, 1.54) is 0 Å². The van der Waals surface area contributed by atoms with Gasteiger partial charge >= 0.3 is 5.97 Å². The molecule has 1 amide bonds. The number of carboxylic acid groups (broad SMARTS) is 1. The van der Waals surface area contributed by atoms with Crippen LogP contribution in [0.1, 0.15) is 50.1 Å². The molecular formula is C15H24N2O4. The van der Waals surface area contributed by atoms with Gasteiger partial charge in [-0.3, -0.25) is 9.59 Å². The third kappa shape index (κ3) is 5.97. The van der Waals surface area contributed by atoms with Crippen molar-refractivity contribution in [2.24, 2.45) is 5.41 Å². The first-order valence-electron chi connectivity index (χ1n) is 7.11. The summed E-state index contributed by atoms with van der Waals surface area (Å²) < 4.78 is 5.02. The molecule has 0 bridgehead atoms. The predicted molar refractivity (Wildman–Crippen MR) is 78.0 cm³/mol. The molecule has 1 aromatic rings. The normalized spacial score (nSPS) is 11.4. The lowest BCUT2D eigenvalue weighted by atomic mass is 9.84. The van der Waals surface area contributed by atoms with Crippen LogP contribution >= 0.6 is 0 Å². The predicted octanol–water partition coefficient (Wildman–Crippen LogP) is 2.23. The summed E-state index contributed by atoms with van der Waals surface area (Å²) in [6.45, 7) is 8.16. The topological polar surface area (TPSA) is 92.4 Å². The lowest BCUT2D eigenvalue weighted by Crippen LogP contribution is -2.29. The fraction of sp³-hybridized carbons (Fsp3) is 0.667. The average Bonchev–Trinajstić information content (AvgIpc) is 2.68. The number of aliphatic carboxylic acids is 1. The summed E-state index contributed by atoms with van der Waals surface area (Å²) in [5.41, 5.74) is 1.47. The smallest absolute Gasteiger partial charge is 0.303 e. The van der Waals surface area contributed by atoms with E-state index in [1.54, 1.807) is 6.92 Å². The van der Waals surface area contributed by atoms with Crippen molar-refractivity contribution in [3.05, 3.63) is 17.0 Å². The van der Waals surface area contributed by atoms with Gasteiger partial charge in [0.05, 0.1) is 12.1 Å². The van der Waals surface area contributed by atoms with E-state index in [9.17, 15) is 9.59 Å². The van der Waals surface area contributed by atoms with Crippen molar-refractivity contribution in [1.29, 1.82) is 0 Å². The Hall–Kier alpha value is -1.85. The number of carbonyl (C=O) groups is 2. The molecule has 0 unspecified atom stereocenters. The van der Waals surface area contributed by atoms with Crippen LogP contribution in [0.15, 0.2) is 4.52 Å². The van der Waals surface area contributed by atoms with Crippen LogP contribution in [0.4, 0.5) is 0 Å². The van der Waals surface area contributed by atoms with Crippen molar-refractivity contribution in [1.82, 2.24) is 10.5 Å². The summed E-state index contributed by atoms with van der Waals surface area (Å²) in [4.78, 5) is 22.5. The number of hydrogen-bond donors (Lipinski definition) is 2. The number of aromatic nitrogens is 1. The van der Waals surface area contributed by atoms with Crippen LogP contribution < -0.4 is 5.32 Å². The molecule has 118 valence electrons. The Bertz CT molecular complexity index is 486. The Morgan fingerprint density at radius 3 is 2.48 bits per heavy atom. The molecule has 0 aliphatic heterocycles. The van der Waals surface area contributed by atoms with Gasteiger partial charge < -0.3 is 14.9 Å². The summed E-state index contributed by atoms with van der Waals surface area (Å²) in [7, 11) is 0. The monoisotopic (exact) mass is 296 g/mol. The highest BCUT2D eigenvalue weighted by molar-refractivity contribution is 5.78. The second kappa shape index (κ2) is 7.24. The highest BCUT2D eigenvalue weighted by atomic mass is 16.5. The van der Waals surface area contributed by atoms with E-state index < -0.39 is 5.97 Å². The molecule has 0 saturated heterocycles. The number of amides is 1. The Morgan fingerprint density at radius 1 is 1.29 bits per heavy atom. The van der Waals surface area contributed by atoms with Crippen LogP contribution in [0.25, 0.3) is 0 Å². The quantitative estimate of drug-likeness (QED) is 0.767. The minimum absolute atomic E-state index is 0.0709. The summed E-state index contributed by atoms with van der Waals surface area (Å²) >= 11 is 0. The van der Waals surface area contributed by atoms with Gasteiger partial charge in [0.1, 0.15) is 5.76 Å². The Kier molecular flexibility index (Phi) is 5.93. The van der Waals surface area contributed by atoms with Crippen LogP contribution in [-0.4, -0.2) is 28.7 Å². The maximum atomic E-state index is 11.9. The van der Waals surface area contributed by atoms with Gasteiger partial charge in [-0.2, -0.15) is 0 Å². The Morgan fingerprint density at radius 2 is 1.95 bits per heavy atom. The van der Waals surface area contributed by atoms with E-state index in [4.69, 9.17) is 9.63 Å². The molecule has 1 heterocycles. The van der Waals surface area contributed by atoms with E-state index in [2.05, 4.69) is 10.5 Å². The van der Waals surface area contributed by atoms with Crippen molar-refractivity contribution >= 4 is 11.9 Å². The maximum absolute atomic E-state index is 11.9. The molecule has 6 heteroatoms. The van der Waals surface area contributed by atoms with Crippen LogP contribution in [-0.2, 0) is 16.0 Å². The first kappa shape index (κ1) is 17.2. The first-order chi connectivity index (χ1) is 9.71. The minimum Gasteiger partial charge on any atom is -0.481 e. The molecule has 0 aromatic carbocycles. The second-order valence-electron chi connectivity index (χ2n) is 6.14. The molecule has 0 fully saturated rings. The fourth-order valence-corrected chi connectivity index (χ4v) is 2.09. The molecule has 0 aliphatic rings. The minimum atomic E-state index is -0.787. The number of carbonyl (C=O) groups excluding carboxylic acids is 1. The molecule has 0 aliphatic carbocycles. The van der Waals surface area contributed by atoms with Gasteiger partial charge in [0.25, 0.3) is 0 Å². The first-order valence-corrected chi connectivity index (χ1v) is 7.11. The number of nitrogens with zero attached hydrogens (tertiary/aromatic N) is 1. The van der Waals surface area contributed by atoms with Crippen molar-refractivity contribution in [2.45, 2.75) is 53.4 Å². The van der Waals surface area contributed by atoms with Crippen LogP contribution in [0.2, 0.25) is 0 Å². The van der Waals surface area contributed by atoms with Gasteiger partial charge in [-0.25, -0.2) is 0 Å². The average molecular weight is 296 g/mol. The molecule has 0 spiro atoms. The zero-order valence-corrected chi connectivity index (χ0v) is 13.2. The van der Waals surface area contributed by atoms with Crippen molar-refractivity contribution in [3.63, 3.8) is 0 Å². The van der Waals surface area contributed by atoms with Crippen LogP contribution in [0.3, 0.4) is 0 Å². The van der Waals surface area contributed by atoms with Crippen molar-refractivity contribution < 1.29 is 19.2 Å². The molecule has 6 nitrogen and oxygen atoms in total. The van der Waals surface area contributed by atoms with Crippen molar-refractivity contribution in [3.8, 4) is 0 Å². The summed E-state index contributed by atoms with van der Waals surface area (Å²) in [5.74, 6) is -0.187. The molecule has 1 aromatic heterocycles. The standard InChI is InChI=1S/C15H24N2O4/c1-10-12(11(2)21-17-10)9-13(18)16-8-7-15(3,4)6-5-14(19)20/h5-9H2,1-4H3,(H,16,18)(H,19,20). The number of aryl methyl sites for hydroxylation is 2. The molecule has 1 rings (SSSR count). The third-order valence-corrected chi connectivity index (χ3v) is 3.66. The lowest BCUT2D eigenvalue weighted by molar-refractivity contribution is -0.137. The van der Waals surface area contributed by atoms with E-state index >= 15 is 0 Å². The Balaban J connectivity index is 2.35. The third-order valence-electron chi connectivity index (χ3n) is 3.66. The van der Waals surface area contributed by atoms with Crippen molar-refractivity contribution in [2.75, 3.05) is 6.54 Å². The summed E-state index contributed by atoms with van der Waals surface area (Å²) in [6, 6.07) is 0. The largest absolute Gasteiger partial charge is 0.481 e. The van der Waals surface area contributed by atoms with Gasteiger partial charge in [0, 0.05) is 18.5 Å². The van der Waals surface area contributed by atoms with Crippen LogP contribution in [0.5, 0.6) is 0 Å². The van der Waals surface area contributed by atoms with E-state index in [1.807, 2.05) is 20.8 Å². The molecule has 0 saturated carbocycles. The van der Waals surface area contributed by atoms with Crippen LogP contribution in [0, 0.1) is 19.3 Å². The SMILES string of the molecule is Cc1noc(C)c1CC(=O)NCCC(C)(C)CCC(=O)O.